The Balaban J connectivity index is 1.83. The van der Waals surface area contributed by atoms with Gasteiger partial charge in [-0.15, -0.1) is 0 Å². The normalized spacial score (nSPS) is 11.1. The molecule has 0 saturated heterocycles. The molecule has 0 atom stereocenters. The van der Waals surface area contributed by atoms with Gasteiger partial charge < -0.3 is 14.9 Å². The van der Waals surface area contributed by atoms with Gasteiger partial charge in [0, 0.05) is 23.4 Å². The first-order chi connectivity index (χ1) is 14.3. The third kappa shape index (κ3) is 3.39. The van der Waals surface area contributed by atoms with E-state index < -0.39 is 17.2 Å². The molecule has 2 aromatic heterocycles. The van der Waals surface area contributed by atoms with Crippen LogP contribution in [0.4, 0.5) is 5.69 Å². The lowest BCUT2D eigenvalue weighted by Gasteiger charge is -2.09. The molecular formula is C22H19BrN4O3. The second kappa shape index (κ2) is 7.46. The lowest BCUT2D eigenvalue weighted by atomic mass is 10.2. The number of amides is 1. The first-order valence-corrected chi connectivity index (χ1v) is 10.0. The lowest BCUT2D eigenvalue weighted by Crippen LogP contribution is -2.34. The van der Waals surface area contributed by atoms with Crippen LogP contribution in [0.1, 0.15) is 21.5 Å². The molecule has 0 radical (unpaired) electrons. The van der Waals surface area contributed by atoms with E-state index in [9.17, 15) is 14.4 Å². The van der Waals surface area contributed by atoms with Crippen molar-refractivity contribution in [3.63, 3.8) is 0 Å². The Morgan fingerprint density at radius 2 is 1.77 bits per heavy atom. The van der Waals surface area contributed by atoms with Gasteiger partial charge >= 0.3 is 5.69 Å². The number of fused-ring (bicyclic) bond motifs is 1. The van der Waals surface area contributed by atoms with Crippen LogP contribution in [0.25, 0.3) is 16.7 Å². The maximum absolute atomic E-state index is 13.1. The predicted molar refractivity (Wildman–Crippen MR) is 121 cm³/mol. The van der Waals surface area contributed by atoms with Crippen LogP contribution in [0.3, 0.4) is 0 Å². The highest BCUT2D eigenvalue weighted by atomic mass is 79.9. The molecule has 152 valence electrons. The van der Waals surface area contributed by atoms with Gasteiger partial charge in [-0.2, -0.15) is 0 Å². The Labute approximate surface area is 180 Å². The minimum atomic E-state index is -0.601. The van der Waals surface area contributed by atoms with Gasteiger partial charge in [-0.05, 0) is 49.7 Å². The first-order valence-electron chi connectivity index (χ1n) is 9.25. The highest BCUT2D eigenvalue weighted by molar-refractivity contribution is 9.10. The van der Waals surface area contributed by atoms with Crippen molar-refractivity contribution in [1.29, 1.82) is 0 Å². The molecule has 4 aromatic rings. The molecule has 1 amide bonds. The molecule has 0 saturated carbocycles. The van der Waals surface area contributed by atoms with Crippen molar-refractivity contribution < 1.29 is 4.79 Å². The number of rotatable bonds is 3. The van der Waals surface area contributed by atoms with Crippen LogP contribution in [0.15, 0.2) is 62.7 Å². The SMILES string of the molecule is Cc1ccc(-n2c(=O)[nH]c3c(C(=O)Nc4ccc(Br)cc4C)cn(C)c3c2=O)cc1. The fraction of sp³-hybridized carbons (Fsp3) is 0.136. The topological polar surface area (TPSA) is 88.9 Å². The van der Waals surface area contributed by atoms with Crippen LogP contribution in [0, 0.1) is 13.8 Å². The van der Waals surface area contributed by atoms with E-state index in [0.717, 1.165) is 20.2 Å². The first kappa shape index (κ1) is 19.9. The Bertz CT molecular complexity index is 1410. The quantitative estimate of drug-likeness (QED) is 0.482. The molecule has 2 aromatic carbocycles. The maximum atomic E-state index is 13.1. The van der Waals surface area contributed by atoms with Crippen LogP contribution >= 0.6 is 15.9 Å². The number of halogens is 1. The standard InChI is InChI=1S/C22H19BrN4O3/c1-12-4-7-15(8-5-12)27-21(29)19-18(25-22(27)30)16(11-26(19)3)20(28)24-17-9-6-14(23)10-13(17)2/h4-11H,1-3H3,(H,24,28)(H,25,30). The number of aryl methyl sites for hydroxylation is 3. The van der Waals surface area contributed by atoms with E-state index in [1.54, 1.807) is 36.0 Å². The van der Waals surface area contributed by atoms with Crippen LogP contribution in [-0.2, 0) is 7.05 Å². The number of hydrogen-bond acceptors (Lipinski definition) is 3. The van der Waals surface area contributed by atoms with E-state index >= 15 is 0 Å². The average Bonchev–Trinajstić information content (AvgIpc) is 3.02. The van der Waals surface area contributed by atoms with Crippen molar-refractivity contribution in [2.45, 2.75) is 13.8 Å². The molecule has 2 N–H and O–H groups in total. The molecule has 7 nitrogen and oxygen atoms in total. The highest BCUT2D eigenvalue weighted by Crippen LogP contribution is 2.22. The third-order valence-corrected chi connectivity index (χ3v) is 5.49. The molecule has 4 rings (SSSR count). The average molecular weight is 467 g/mol. The Morgan fingerprint density at radius 3 is 2.43 bits per heavy atom. The van der Waals surface area contributed by atoms with Crippen molar-refractivity contribution in [2.24, 2.45) is 7.05 Å². The summed E-state index contributed by atoms with van der Waals surface area (Å²) in [4.78, 5) is 41.5. The fourth-order valence-corrected chi connectivity index (χ4v) is 3.90. The summed E-state index contributed by atoms with van der Waals surface area (Å²) >= 11 is 3.40. The number of anilines is 1. The molecule has 0 aliphatic carbocycles. The molecule has 0 fully saturated rings. The van der Waals surface area contributed by atoms with E-state index in [-0.39, 0.29) is 16.6 Å². The molecule has 0 aliphatic heterocycles. The minimum Gasteiger partial charge on any atom is -0.344 e. The molecule has 0 unspecified atom stereocenters. The summed E-state index contributed by atoms with van der Waals surface area (Å²) in [6, 6.07) is 12.6. The summed E-state index contributed by atoms with van der Waals surface area (Å²) in [6.07, 6.45) is 1.55. The zero-order valence-electron chi connectivity index (χ0n) is 16.6. The van der Waals surface area contributed by atoms with Gasteiger partial charge in [-0.1, -0.05) is 33.6 Å². The molecule has 0 aliphatic rings. The second-order valence-corrected chi connectivity index (χ2v) is 8.11. The third-order valence-electron chi connectivity index (χ3n) is 5.00. The molecule has 2 heterocycles. The summed E-state index contributed by atoms with van der Waals surface area (Å²) in [5.74, 6) is -0.408. The van der Waals surface area contributed by atoms with E-state index in [4.69, 9.17) is 0 Å². The highest BCUT2D eigenvalue weighted by Gasteiger charge is 2.20. The number of benzene rings is 2. The van der Waals surface area contributed by atoms with Gasteiger partial charge in [0.05, 0.1) is 16.8 Å². The zero-order chi connectivity index (χ0) is 21.6. The Hall–Kier alpha value is -3.39. The van der Waals surface area contributed by atoms with Crippen molar-refractivity contribution in [2.75, 3.05) is 5.32 Å². The van der Waals surface area contributed by atoms with Crippen LogP contribution in [0.2, 0.25) is 0 Å². The number of nitrogens with one attached hydrogen (secondary N) is 2. The second-order valence-electron chi connectivity index (χ2n) is 7.20. The Kier molecular flexibility index (Phi) is 4.95. The van der Waals surface area contributed by atoms with E-state index in [2.05, 4.69) is 26.2 Å². The number of aromatic amines is 1. The molecular weight excluding hydrogens is 448 g/mol. The molecule has 30 heavy (non-hydrogen) atoms. The fourth-order valence-electron chi connectivity index (χ4n) is 3.43. The van der Waals surface area contributed by atoms with Crippen LogP contribution in [-0.4, -0.2) is 20.0 Å². The predicted octanol–water partition coefficient (Wildman–Crippen LogP) is 3.65. The number of H-pyrrole nitrogens is 1. The van der Waals surface area contributed by atoms with Gasteiger partial charge in [0.25, 0.3) is 11.5 Å². The van der Waals surface area contributed by atoms with Crippen molar-refractivity contribution in [3.05, 3.63) is 90.7 Å². The summed E-state index contributed by atoms with van der Waals surface area (Å²) in [7, 11) is 1.67. The van der Waals surface area contributed by atoms with Crippen LogP contribution < -0.4 is 16.6 Å². The summed E-state index contributed by atoms with van der Waals surface area (Å²) < 4.78 is 3.54. The van der Waals surface area contributed by atoms with Gasteiger partial charge in [0.15, 0.2) is 0 Å². The zero-order valence-corrected chi connectivity index (χ0v) is 18.2. The number of carbonyl (C=O) groups excluding carboxylic acids is 1. The van der Waals surface area contributed by atoms with Crippen LogP contribution in [0.5, 0.6) is 0 Å². The van der Waals surface area contributed by atoms with Crippen molar-refractivity contribution in [3.8, 4) is 5.69 Å². The Morgan fingerprint density at radius 1 is 1.07 bits per heavy atom. The van der Waals surface area contributed by atoms with Crippen molar-refractivity contribution >= 4 is 38.6 Å². The van der Waals surface area contributed by atoms with Gasteiger partial charge in [-0.25, -0.2) is 9.36 Å². The maximum Gasteiger partial charge on any atom is 0.333 e. The van der Waals surface area contributed by atoms with E-state index in [0.29, 0.717) is 11.4 Å². The van der Waals surface area contributed by atoms with Crippen molar-refractivity contribution in [1.82, 2.24) is 14.1 Å². The molecule has 0 spiro atoms. The number of nitrogens with zero attached hydrogens (tertiary/aromatic N) is 2. The summed E-state index contributed by atoms with van der Waals surface area (Å²) in [5, 5.41) is 2.85. The number of carbonyl (C=O) groups is 1. The smallest absolute Gasteiger partial charge is 0.333 e. The van der Waals surface area contributed by atoms with Gasteiger partial charge in [-0.3, -0.25) is 9.59 Å². The number of aromatic nitrogens is 3. The van der Waals surface area contributed by atoms with E-state index in [1.165, 1.54) is 0 Å². The number of hydrogen-bond donors (Lipinski definition) is 2. The molecule has 0 bridgehead atoms. The van der Waals surface area contributed by atoms with Gasteiger partial charge in [0.2, 0.25) is 0 Å². The monoisotopic (exact) mass is 466 g/mol. The van der Waals surface area contributed by atoms with Gasteiger partial charge in [0.1, 0.15) is 5.52 Å². The molecule has 8 heteroatoms. The summed E-state index contributed by atoms with van der Waals surface area (Å²) in [5.41, 5.74) is 2.60. The minimum absolute atomic E-state index is 0.211. The summed E-state index contributed by atoms with van der Waals surface area (Å²) in [6.45, 7) is 3.81. The lowest BCUT2D eigenvalue weighted by molar-refractivity contribution is 0.102. The van der Waals surface area contributed by atoms with E-state index in [1.807, 2.05) is 38.1 Å². The largest absolute Gasteiger partial charge is 0.344 e.